The van der Waals surface area contributed by atoms with E-state index in [0.717, 1.165) is 0 Å². The van der Waals surface area contributed by atoms with Gasteiger partial charge >= 0.3 is 117 Å². The molecule has 2 aliphatic rings. The monoisotopic (exact) mass is 554 g/mol. The van der Waals surface area contributed by atoms with E-state index in [2.05, 4.69) is 41.5 Å². The zero-order valence-corrected chi connectivity index (χ0v) is 19.7. The predicted molar refractivity (Wildman–Crippen MR) is 92.0 cm³/mol. The van der Waals surface area contributed by atoms with Gasteiger partial charge in [0.25, 0.3) is 0 Å². The van der Waals surface area contributed by atoms with Crippen LogP contribution in [0.25, 0.3) is 0 Å². The first kappa shape index (κ1) is 19.8. The summed E-state index contributed by atoms with van der Waals surface area (Å²) in [7, 11) is 0. The Morgan fingerprint density at radius 3 is 1.11 bits per heavy atom. The number of hydrogen-bond donors (Lipinski definition) is 0. The van der Waals surface area contributed by atoms with Gasteiger partial charge in [0.2, 0.25) is 0 Å². The Labute approximate surface area is 150 Å². The van der Waals surface area contributed by atoms with Gasteiger partial charge in [0.1, 0.15) is 0 Å². The van der Waals surface area contributed by atoms with Gasteiger partial charge in [-0.1, -0.05) is 0 Å². The molecule has 19 heavy (non-hydrogen) atoms. The van der Waals surface area contributed by atoms with Crippen molar-refractivity contribution in [2.45, 2.75) is 54.4 Å². The Bertz CT molecular complexity index is 459. The van der Waals surface area contributed by atoms with E-state index in [1.807, 2.05) is 6.66 Å². The summed E-state index contributed by atoms with van der Waals surface area (Å²) < 4.78 is 3.69. The van der Waals surface area contributed by atoms with Gasteiger partial charge in [0, 0.05) is 0 Å². The molecule has 0 aliphatic heterocycles. The normalized spacial score (nSPS) is 19.1. The minimum atomic E-state index is -0.733. The van der Waals surface area contributed by atoms with Crippen molar-refractivity contribution >= 4 is 34.0 Å². The van der Waals surface area contributed by atoms with E-state index >= 15 is 0 Å². The molecule has 2 aliphatic carbocycles. The topological polar surface area (TPSA) is 0 Å². The molecule has 0 heterocycles. The first-order valence-corrected chi connectivity index (χ1v) is 10.0. The van der Waals surface area contributed by atoms with Crippen LogP contribution in [0.15, 0.2) is 40.1 Å². The molecule has 0 saturated heterocycles. The average Bonchev–Trinajstić information content (AvgIpc) is 2.66. The summed E-state index contributed by atoms with van der Waals surface area (Å²) in [5, 5.41) is 0. The van der Waals surface area contributed by atoms with E-state index in [1.54, 1.807) is 33.4 Å². The average molecular weight is 555 g/mol. The number of allylic oxidation sites excluding steroid dienone is 8. The van der Waals surface area contributed by atoms with Crippen molar-refractivity contribution < 1.29 is 22.9 Å². The Morgan fingerprint density at radius 1 is 0.579 bits per heavy atom. The second-order valence-electron chi connectivity index (χ2n) is 5.50. The quantitative estimate of drug-likeness (QED) is 0.354. The second-order valence-corrected chi connectivity index (χ2v) is 10.7. The number of hydrogen-bond acceptors (Lipinski definition) is 0. The summed E-state index contributed by atoms with van der Waals surface area (Å²) in [4.78, 5) is 0. The Morgan fingerprint density at radius 2 is 0.895 bits per heavy atom. The zero-order valence-electron chi connectivity index (χ0n) is 12.7. The van der Waals surface area contributed by atoms with E-state index in [4.69, 9.17) is 0 Å². The molecule has 0 saturated carbocycles. The summed E-state index contributed by atoms with van der Waals surface area (Å²) in [6.07, 6.45) is 2.57. The van der Waals surface area contributed by atoms with Crippen LogP contribution in [0, 0.1) is 0 Å². The SMILES string of the molecule is Br.Br.CC1=C(C)C(C)=[C]([Hf][C]2=C(C)C(C)=C(C)C2)C1. The van der Waals surface area contributed by atoms with Gasteiger partial charge < -0.3 is 0 Å². The molecular weight excluding hydrogens is 530 g/mol. The first-order valence-electron chi connectivity index (χ1n) is 6.41. The summed E-state index contributed by atoms with van der Waals surface area (Å²) >= 11 is -0.733. The van der Waals surface area contributed by atoms with Crippen LogP contribution in [0.2, 0.25) is 0 Å². The van der Waals surface area contributed by atoms with Crippen LogP contribution >= 0.6 is 34.0 Å². The molecule has 0 spiro atoms. The second kappa shape index (κ2) is 7.70. The summed E-state index contributed by atoms with van der Waals surface area (Å²) in [5.74, 6) is 0. The number of rotatable bonds is 2. The summed E-state index contributed by atoms with van der Waals surface area (Å²) in [6.45, 7) is 13.9. The van der Waals surface area contributed by atoms with Crippen LogP contribution in [0.1, 0.15) is 54.4 Å². The number of halogens is 2. The molecule has 3 heteroatoms. The van der Waals surface area contributed by atoms with Crippen LogP contribution in [-0.2, 0) is 22.9 Å². The fourth-order valence-electron chi connectivity index (χ4n) is 2.61. The third-order valence-electron chi connectivity index (χ3n) is 4.50. The molecule has 106 valence electrons. The van der Waals surface area contributed by atoms with Gasteiger partial charge in [-0.05, 0) is 0 Å². The van der Waals surface area contributed by atoms with Crippen molar-refractivity contribution in [3.05, 3.63) is 40.1 Å². The molecule has 0 bridgehead atoms. The third kappa shape index (κ3) is 3.91. The molecule has 2 rings (SSSR count). The standard InChI is InChI=1S/2C8H11.2BrH.Hf/c2*1-6-4-5-7(2)8(6)3;;;/h2*4H2,1-3H3;2*1H;. The van der Waals surface area contributed by atoms with Crippen molar-refractivity contribution in [1.82, 2.24) is 0 Å². The third-order valence-corrected chi connectivity index (χ3v) is 10.6. The zero-order chi connectivity index (χ0) is 12.7. The molecule has 0 N–H and O–H groups in total. The molecular formula is C16H24Br2Hf. The Hall–Kier alpha value is 0.790. The van der Waals surface area contributed by atoms with Gasteiger partial charge in [-0.25, -0.2) is 0 Å². The fourth-order valence-corrected chi connectivity index (χ4v) is 9.16. The molecule has 0 aromatic carbocycles. The molecule has 0 nitrogen and oxygen atoms in total. The summed E-state index contributed by atoms with van der Waals surface area (Å²) in [6, 6.07) is 0. The maximum absolute atomic E-state index is 2.34. The van der Waals surface area contributed by atoms with Crippen LogP contribution in [0.3, 0.4) is 0 Å². The molecule has 0 unspecified atom stereocenters. The first-order chi connectivity index (χ1) is 7.91. The van der Waals surface area contributed by atoms with Crippen LogP contribution < -0.4 is 0 Å². The Balaban J connectivity index is 0.00000162. The van der Waals surface area contributed by atoms with Crippen LogP contribution in [0.5, 0.6) is 0 Å². The molecule has 0 aromatic rings. The van der Waals surface area contributed by atoms with Gasteiger partial charge in [0.05, 0.1) is 0 Å². The Kier molecular flexibility index (Phi) is 8.02. The fraction of sp³-hybridized carbons (Fsp3) is 0.500. The molecule has 0 radical (unpaired) electrons. The van der Waals surface area contributed by atoms with Crippen molar-refractivity contribution in [2.24, 2.45) is 0 Å². The van der Waals surface area contributed by atoms with Gasteiger partial charge in [0.15, 0.2) is 0 Å². The predicted octanol–water partition coefficient (Wildman–Crippen LogP) is 6.25. The minimum absolute atomic E-state index is 0. The molecule has 0 amide bonds. The van der Waals surface area contributed by atoms with Crippen molar-refractivity contribution in [3.8, 4) is 0 Å². The molecule has 0 atom stereocenters. The van der Waals surface area contributed by atoms with Crippen LogP contribution in [-0.4, -0.2) is 0 Å². The molecule has 0 aromatic heterocycles. The van der Waals surface area contributed by atoms with E-state index in [1.165, 1.54) is 12.8 Å². The molecule has 0 fully saturated rings. The van der Waals surface area contributed by atoms with Crippen LogP contribution in [0.4, 0.5) is 0 Å². The summed E-state index contributed by atoms with van der Waals surface area (Å²) in [5.41, 5.74) is 9.64. The van der Waals surface area contributed by atoms with E-state index in [-0.39, 0.29) is 34.0 Å². The van der Waals surface area contributed by atoms with Gasteiger partial charge in [-0.2, -0.15) is 0 Å². The van der Waals surface area contributed by atoms with Gasteiger partial charge in [-0.15, -0.1) is 34.0 Å². The van der Waals surface area contributed by atoms with E-state index in [0.29, 0.717) is 0 Å². The maximum atomic E-state index is 2.34. The van der Waals surface area contributed by atoms with Crippen molar-refractivity contribution in [3.63, 3.8) is 0 Å². The van der Waals surface area contributed by atoms with Crippen molar-refractivity contribution in [1.29, 1.82) is 0 Å². The van der Waals surface area contributed by atoms with E-state index in [9.17, 15) is 0 Å². The van der Waals surface area contributed by atoms with E-state index < -0.39 is 22.9 Å². The van der Waals surface area contributed by atoms with Gasteiger partial charge in [-0.3, -0.25) is 0 Å². The van der Waals surface area contributed by atoms with Crippen molar-refractivity contribution in [2.75, 3.05) is 0 Å².